The van der Waals surface area contributed by atoms with E-state index in [1.807, 2.05) is 0 Å². The number of rotatable bonds is 3. The average Bonchev–Trinajstić information content (AvgIpc) is 2.64. The van der Waals surface area contributed by atoms with Crippen LogP contribution in [0.25, 0.3) is 5.76 Å². The summed E-state index contributed by atoms with van der Waals surface area (Å²) in [4.78, 5) is 3.38. The minimum atomic E-state index is -4.71. The van der Waals surface area contributed by atoms with Gasteiger partial charge in [-0.25, -0.2) is 8.42 Å². The predicted molar refractivity (Wildman–Crippen MR) is 96.1 cm³/mol. The number of hydrogen-bond donors (Lipinski definition) is 1. The number of ether oxygens (including phenoxy) is 1. The Labute approximate surface area is 163 Å². The maximum Gasteiger partial charge on any atom is 0.416 e. The van der Waals surface area contributed by atoms with Gasteiger partial charge in [-0.2, -0.15) is 13.2 Å². The largest absolute Gasteiger partial charge is 0.506 e. The first-order chi connectivity index (χ1) is 13.0. The highest BCUT2D eigenvalue weighted by Crippen LogP contribution is 2.40. The molecule has 2 aromatic rings. The Hall–Kier alpha value is -2.52. The molecule has 0 aliphatic carbocycles. The zero-order valence-corrected chi connectivity index (χ0v) is 15.8. The number of pyridine rings is 1. The van der Waals surface area contributed by atoms with E-state index >= 15 is 0 Å². The maximum atomic E-state index is 13.1. The molecule has 10 heteroatoms. The molecule has 0 spiro atoms. The highest BCUT2D eigenvalue weighted by Gasteiger charge is 2.47. The van der Waals surface area contributed by atoms with Crippen LogP contribution in [0.4, 0.5) is 13.2 Å². The minimum absolute atomic E-state index is 0.108. The molecule has 1 aliphatic rings. The number of hydrogen-bond acceptors (Lipinski definition) is 5. The van der Waals surface area contributed by atoms with Crippen LogP contribution in [0.3, 0.4) is 0 Å². The standard InChI is InChI=1S/C18H13ClF3NO4S/c1-17(28(25,26)13-4-2-3-11(9-13)18(20,21)22)7-8-27-15(16(17)24)14-6-5-12(19)10-23-14/h2-10,24H,1H3. The molecule has 0 bridgehead atoms. The van der Waals surface area contributed by atoms with Crippen molar-refractivity contribution < 1.29 is 31.4 Å². The third-order valence-corrected chi connectivity index (χ3v) is 6.79. The second kappa shape index (κ2) is 6.82. The van der Waals surface area contributed by atoms with E-state index in [1.165, 1.54) is 18.3 Å². The summed E-state index contributed by atoms with van der Waals surface area (Å²) in [5, 5.41) is 11.0. The molecule has 1 aromatic carbocycles. The lowest BCUT2D eigenvalue weighted by Gasteiger charge is -2.29. The Kier molecular flexibility index (Phi) is 4.93. The molecule has 0 saturated heterocycles. The van der Waals surface area contributed by atoms with Crippen LogP contribution >= 0.6 is 11.6 Å². The fraction of sp³-hybridized carbons (Fsp3) is 0.167. The summed E-state index contributed by atoms with van der Waals surface area (Å²) in [5.41, 5.74) is -1.01. The highest BCUT2D eigenvalue weighted by atomic mass is 35.5. The number of alkyl halides is 3. The van der Waals surface area contributed by atoms with E-state index in [4.69, 9.17) is 16.3 Å². The summed E-state index contributed by atoms with van der Waals surface area (Å²) in [6, 6.07) is 6.18. The molecule has 1 aliphatic heterocycles. The summed E-state index contributed by atoms with van der Waals surface area (Å²) in [5.74, 6) is -0.945. The summed E-state index contributed by atoms with van der Waals surface area (Å²) in [6.07, 6.45) is -1.35. The summed E-state index contributed by atoms with van der Waals surface area (Å²) >= 11 is 5.76. The molecule has 3 rings (SSSR count). The van der Waals surface area contributed by atoms with Gasteiger partial charge in [0, 0.05) is 6.20 Å². The number of benzene rings is 1. The smallest absolute Gasteiger partial charge is 0.416 e. The SMILES string of the molecule is CC1(S(=O)(=O)c2cccc(C(F)(F)F)c2)C=COC(c2ccc(Cl)cn2)=C1O. The second-order valence-corrected chi connectivity index (χ2v) is 8.86. The lowest BCUT2D eigenvalue weighted by atomic mass is 10.0. The molecule has 2 heterocycles. The molecule has 0 radical (unpaired) electrons. The van der Waals surface area contributed by atoms with Crippen LogP contribution in [0.5, 0.6) is 0 Å². The van der Waals surface area contributed by atoms with Gasteiger partial charge in [-0.1, -0.05) is 17.7 Å². The van der Waals surface area contributed by atoms with Gasteiger partial charge < -0.3 is 9.84 Å². The fourth-order valence-electron chi connectivity index (χ4n) is 2.59. The molecule has 1 atom stereocenters. The Morgan fingerprint density at radius 1 is 1.21 bits per heavy atom. The van der Waals surface area contributed by atoms with Gasteiger partial charge in [0.2, 0.25) is 0 Å². The molecular weight excluding hydrogens is 419 g/mol. The maximum absolute atomic E-state index is 13.1. The van der Waals surface area contributed by atoms with Gasteiger partial charge in [0.1, 0.15) is 5.69 Å². The van der Waals surface area contributed by atoms with Crippen molar-refractivity contribution in [3.63, 3.8) is 0 Å². The third kappa shape index (κ3) is 3.35. The van der Waals surface area contributed by atoms with Crippen molar-refractivity contribution in [1.82, 2.24) is 4.98 Å². The zero-order chi connectivity index (χ0) is 20.7. The van der Waals surface area contributed by atoms with Crippen molar-refractivity contribution >= 4 is 27.2 Å². The number of aliphatic hydroxyl groups is 1. The Morgan fingerprint density at radius 3 is 2.54 bits per heavy atom. The number of nitrogens with zero attached hydrogens (tertiary/aromatic N) is 1. The average molecular weight is 432 g/mol. The van der Waals surface area contributed by atoms with Gasteiger partial charge >= 0.3 is 6.18 Å². The van der Waals surface area contributed by atoms with E-state index in [1.54, 1.807) is 0 Å². The van der Waals surface area contributed by atoms with E-state index in [2.05, 4.69) is 4.98 Å². The van der Waals surface area contributed by atoms with Gasteiger partial charge in [-0.05, 0) is 43.3 Å². The van der Waals surface area contributed by atoms with Crippen LogP contribution < -0.4 is 0 Å². The van der Waals surface area contributed by atoms with Gasteiger partial charge in [-0.3, -0.25) is 4.98 Å². The van der Waals surface area contributed by atoms with Crippen molar-refractivity contribution in [3.8, 4) is 0 Å². The number of halogens is 4. The van der Waals surface area contributed by atoms with Crippen LogP contribution in [-0.4, -0.2) is 23.3 Å². The number of sulfone groups is 1. The summed E-state index contributed by atoms with van der Waals surface area (Å²) < 4.78 is 68.3. The van der Waals surface area contributed by atoms with Crippen LogP contribution in [-0.2, 0) is 20.8 Å². The monoisotopic (exact) mass is 431 g/mol. The van der Waals surface area contributed by atoms with E-state index < -0.39 is 37.0 Å². The zero-order valence-electron chi connectivity index (χ0n) is 14.2. The van der Waals surface area contributed by atoms with Crippen LogP contribution in [0.1, 0.15) is 18.2 Å². The predicted octanol–water partition coefficient (Wildman–Crippen LogP) is 4.76. The van der Waals surface area contributed by atoms with Crippen LogP contribution in [0, 0.1) is 0 Å². The molecule has 1 N–H and O–H groups in total. The summed E-state index contributed by atoms with van der Waals surface area (Å²) in [6.45, 7) is 1.16. The van der Waals surface area contributed by atoms with Crippen LogP contribution in [0.15, 0.2) is 65.6 Å². The van der Waals surface area contributed by atoms with Crippen molar-refractivity contribution in [2.75, 3.05) is 0 Å². The third-order valence-electron chi connectivity index (χ3n) is 4.25. The first kappa shape index (κ1) is 20.2. The quantitative estimate of drug-likeness (QED) is 0.758. The van der Waals surface area contributed by atoms with Crippen molar-refractivity contribution in [1.29, 1.82) is 0 Å². The number of aliphatic hydroxyl groups excluding tert-OH is 1. The van der Waals surface area contributed by atoms with E-state index in [0.717, 1.165) is 37.5 Å². The minimum Gasteiger partial charge on any atom is -0.506 e. The lowest BCUT2D eigenvalue weighted by Crippen LogP contribution is -2.38. The molecular formula is C18H13ClF3NO4S. The molecule has 0 fully saturated rings. The van der Waals surface area contributed by atoms with Crippen molar-refractivity contribution in [3.05, 3.63) is 77.0 Å². The van der Waals surface area contributed by atoms with E-state index in [0.29, 0.717) is 11.1 Å². The normalized spacial score (nSPS) is 20.2. The van der Waals surface area contributed by atoms with Crippen LogP contribution in [0.2, 0.25) is 5.02 Å². The second-order valence-electron chi connectivity index (χ2n) is 6.10. The first-order valence-corrected chi connectivity index (χ1v) is 9.65. The molecule has 28 heavy (non-hydrogen) atoms. The topological polar surface area (TPSA) is 76.5 Å². The molecule has 148 valence electrons. The number of aromatic nitrogens is 1. The van der Waals surface area contributed by atoms with E-state index in [9.17, 15) is 26.7 Å². The Bertz CT molecular complexity index is 1080. The lowest BCUT2D eigenvalue weighted by molar-refractivity contribution is -0.137. The first-order valence-electron chi connectivity index (χ1n) is 7.79. The molecule has 0 amide bonds. The van der Waals surface area contributed by atoms with Crippen molar-refractivity contribution in [2.24, 2.45) is 0 Å². The van der Waals surface area contributed by atoms with Gasteiger partial charge in [0.15, 0.2) is 26.1 Å². The summed E-state index contributed by atoms with van der Waals surface area (Å²) in [7, 11) is -4.47. The molecule has 0 saturated carbocycles. The van der Waals surface area contributed by atoms with Gasteiger partial charge in [-0.15, -0.1) is 0 Å². The Morgan fingerprint density at radius 2 is 1.93 bits per heavy atom. The highest BCUT2D eigenvalue weighted by molar-refractivity contribution is 7.93. The molecule has 5 nitrogen and oxygen atoms in total. The van der Waals surface area contributed by atoms with Gasteiger partial charge in [0.05, 0.1) is 21.7 Å². The van der Waals surface area contributed by atoms with Gasteiger partial charge in [0.25, 0.3) is 0 Å². The van der Waals surface area contributed by atoms with Crippen molar-refractivity contribution in [2.45, 2.75) is 22.7 Å². The fourth-order valence-corrected chi connectivity index (χ4v) is 4.31. The molecule has 1 unspecified atom stereocenters. The Balaban J connectivity index is 2.14. The molecule has 1 aromatic heterocycles. The van der Waals surface area contributed by atoms with E-state index in [-0.39, 0.29) is 11.5 Å².